The predicted octanol–water partition coefficient (Wildman–Crippen LogP) is 2.37. The second kappa shape index (κ2) is 6.97. The fraction of sp³-hybridized carbons (Fsp3) is 0.692. The molecule has 0 fully saturated rings. The molecule has 0 radical (unpaired) electrons. The number of nitrogens with zero attached hydrogens (tertiary/aromatic N) is 1. The maximum atomic E-state index is 12.0. The van der Waals surface area contributed by atoms with E-state index in [4.69, 9.17) is 0 Å². The zero-order valence-electron chi connectivity index (χ0n) is 10.9. The molecule has 0 heterocycles. The summed E-state index contributed by atoms with van der Waals surface area (Å²) in [6.07, 6.45) is 9.58. The summed E-state index contributed by atoms with van der Waals surface area (Å²) >= 11 is 0. The van der Waals surface area contributed by atoms with Gasteiger partial charge in [0.05, 0.1) is 10.7 Å². The van der Waals surface area contributed by atoms with Crippen LogP contribution in [0.4, 0.5) is 0 Å². The Kier molecular flexibility index (Phi) is 5.92. The third-order valence-electron chi connectivity index (χ3n) is 2.96. The lowest BCUT2D eigenvalue weighted by molar-refractivity contribution is 0.346. The van der Waals surface area contributed by atoms with E-state index in [9.17, 15) is 8.42 Å². The van der Waals surface area contributed by atoms with Crippen LogP contribution in [0.1, 0.15) is 32.6 Å². The van der Waals surface area contributed by atoms with Crippen molar-refractivity contribution >= 4 is 9.84 Å². The second-order valence-electron chi connectivity index (χ2n) is 4.56. The first-order chi connectivity index (χ1) is 8.06. The summed E-state index contributed by atoms with van der Waals surface area (Å²) in [4.78, 5) is 2.60. The van der Waals surface area contributed by atoms with Crippen LogP contribution in [0, 0.1) is 0 Å². The zero-order chi connectivity index (χ0) is 12.7. The molecule has 1 rings (SSSR count). The van der Waals surface area contributed by atoms with Crippen LogP contribution in [0.2, 0.25) is 0 Å². The van der Waals surface area contributed by atoms with Crippen LogP contribution in [0.5, 0.6) is 0 Å². The maximum absolute atomic E-state index is 12.0. The molecule has 0 atom stereocenters. The van der Waals surface area contributed by atoms with Gasteiger partial charge in [-0.15, -0.1) is 0 Å². The topological polar surface area (TPSA) is 37.4 Å². The standard InChI is InChI=1S/C13H23NO2S/c1-3-4-10-14(2)11-12-17(15,16)13-8-6-5-7-9-13/h6,8-9H,3-5,7,10-12H2,1-2H3. The van der Waals surface area contributed by atoms with Crippen molar-refractivity contribution in [2.45, 2.75) is 32.6 Å². The Balaban J connectivity index is 2.44. The van der Waals surface area contributed by atoms with Crippen LogP contribution in [0.15, 0.2) is 23.1 Å². The molecule has 1 aliphatic rings. The minimum absolute atomic E-state index is 0.226. The minimum Gasteiger partial charge on any atom is -0.305 e. The smallest absolute Gasteiger partial charge is 0.179 e. The van der Waals surface area contributed by atoms with Crippen molar-refractivity contribution in [1.29, 1.82) is 0 Å². The van der Waals surface area contributed by atoms with Gasteiger partial charge in [-0.3, -0.25) is 0 Å². The third-order valence-corrected chi connectivity index (χ3v) is 4.70. The van der Waals surface area contributed by atoms with E-state index in [0.29, 0.717) is 11.4 Å². The molecule has 3 nitrogen and oxygen atoms in total. The summed E-state index contributed by atoms with van der Waals surface area (Å²) in [5.41, 5.74) is 0. The average molecular weight is 257 g/mol. The van der Waals surface area contributed by atoms with Gasteiger partial charge in [0, 0.05) is 6.54 Å². The maximum Gasteiger partial charge on any atom is 0.179 e. The molecule has 0 N–H and O–H groups in total. The number of unbranched alkanes of at least 4 members (excludes halogenated alkanes) is 1. The van der Waals surface area contributed by atoms with Gasteiger partial charge in [-0.05, 0) is 38.9 Å². The molecule has 0 spiro atoms. The summed E-state index contributed by atoms with van der Waals surface area (Å²) in [5, 5.41) is 0. The number of sulfone groups is 1. The molecule has 17 heavy (non-hydrogen) atoms. The van der Waals surface area contributed by atoms with Crippen molar-refractivity contribution in [1.82, 2.24) is 4.90 Å². The normalized spacial score (nSPS) is 16.3. The Morgan fingerprint density at radius 1 is 1.29 bits per heavy atom. The van der Waals surface area contributed by atoms with E-state index in [1.165, 1.54) is 0 Å². The highest BCUT2D eigenvalue weighted by Crippen LogP contribution is 2.16. The lowest BCUT2D eigenvalue weighted by atomic mass is 10.2. The van der Waals surface area contributed by atoms with Crippen LogP contribution in [0.25, 0.3) is 0 Å². The average Bonchev–Trinajstić information content (AvgIpc) is 2.35. The number of hydrogen-bond acceptors (Lipinski definition) is 3. The molecule has 0 aromatic rings. The summed E-state index contributed by atoms with van der Waals surface area (Å²) in [6, 6.07) is 0. The van der Waals surface area contributed by atoms with Crippen LogP contribution in [-0.2, 0) is 9.84 Å². The van der Waals surface area contributed by atoms with Crippen molar-refractivity contribution in [3.05, 3.63) is 23.1 Å². The van der Waals surface area contributed by atoms with Gasteiger partial charge in [-0.1, -0.05) is 25.5 Å². The molecule has 0 aliphatic heterocycles. The number of hydrogen-bond donors (Lipinski definition) is 0. The highest BCUT2D eigenvalue weighted by Gasteiger charge is 2.17. The van der Waals surface area contributed by atoms with Crippen LogP contribution in [-0.4, -0.2) is 39.2 Å². The molecule has 4 heteroatoms. The monoisotopic (exact) mass is 257 g/mol. The Morgan fingerprint density at radius 2 is 2.06 bits per heavy atom. The molecule has 0 aromatic carbocycles. The first-order valence-corrected chi connectivity index (χ1v) is 7.99. The van der Waals surface area contributed by atoms with E-state index in [-0.39, 0.29) is 5.75 Å². The number of rotatable bonds is 7. The molecule has 1 aliphatic carbocycles. The Labute approximate surface area is 105 Å². The molecule has 0 bridgehead atoms. The molecule has 0 unspecified atom stereocenters. The SMILES string of the molecule is CCCCN(C)CCS(=O)(=O)C1=CCCC=C1. The molecule has 0 aromatic heterocycles. The van der Waals surface area contributed by atoms with Crippen molar-refractivity contribution < 1.29 is 8.42 Å². The Hall–Kier alpha value is -0.610. The van der Waals surface area contributed by atoms with Crippen molar-refractivity contribution in [2.75, 3.05) is 25.9 Å². The third kappa shape index (κ3) is 5.04. The summed E-state index contributed by atoms with van der Waals surface area (Å²) in [5.74, 6) is 0.226. The van der Waals surface area contributed by atoms with Crippen LogP contribution >= 0.6 is 0 Å². The van der Waals surface area contributed by atoms with E-state index < -0.39 is 9.84 Å². The van der Waals surface area contributed by atoms with Gasteiger partial charge < -0.3 is 4.90 Å². The van der Waals surface area contributed by atoms with Gasteiger partial charge in [0.1, 0.15) is 0 Å². The van der Waals surface area contributed by atoms with Crippen molar-refractivity contribution in [2.24, 2.45) is 0 Å². The lowest BCUT2D eigenvalue weighted by Gasteiger charge is -2.16. The molecule has 98 valence electrons. The van der Waals surface area contributed by atoms with Gasteiger partial charge in [0.2, 0.25) is 0 Å². The molecular formula is C13H23NO2S. The fourth-order valence-electron chi connectivity index (χ4n) is 1.75. The Bertz CT molecular complexity index is 382. The first kappa shape index (κ1) is 14.5. The number of allylic oxidation sites excluding steroid dienone is 3. The highest BCUT2D eigenvalue weighted by atomic mass is 32.2. The van der Waals surface area contributed by atoms with Gasteiger partial charge in [0.15, 0.2) is 9.84 Å². The fourth-order valence-corrected chi connectivity index (χ4v) is 3.22. The molecular weight excluding hydrogens is 234 g/mol. The summed E-state index contributed by atoms with van der Waals surface area (Å²) in [7, 11) is -1.09. The second-order valence-corrected chi connectivity index (χ2v) is 6.67. The largest absolute Gasteiger partial charge is 0.305 e. The van der Waals surface area contributed by atoms with Crippen molar-refractivity contribution in [3.63, 3.8) is 0 Å². The van der Waals surface area contributed by atoms with Gasteiger partial charge >= 0.3 is 0 Å². The van der Waals surface area contributed by atoms with Crippen molar-refractivity contribution in [3.8, 4) is 0 Å². The van der Waals surface area contributed by atoms with E-state index in [1.807, 2.05) is 19.2 Å². The van der Waals surface area contributed by atoms with Crippen LogP contribution < -0.4 is 0 Å². The molecule has 0 saturated carbocycles. The highest BCUT2D eigenvalue weighted by molar-refractivity contribution is 7.95. The summed E-state index contributed by atoms with van der Waals surface area (Å²) in [6.45, 7) is 3.73. The minimum atomic E-state index is -3.07. The van der Waals surface area contributed by atoms with E-state index in [2.05, 4.69) is 11.8 Å². The summed E-state index contributed by atoms with van der Waals surface area (Å²) < 4.78 is 24.0. The Morgan fingerprint density at radius 3 is 2.65 bits per heavy atom. The molecule has 0 saturated heterocycles. The zero-order valence-corrected chi connectivity index (χ0v) is 11.7. The van der Waals surface area contributed by atoms with E-state index in [1.54, 1.807) is 6.08 Å². The van der Waals surface area contributed by atoms with Gasteiger partial charge in [-0.2, -0.15) is 0 Å². The van der Waals surface area contributed by atoms with E-state index in [0.717, 1.165) is 32.2 Å². The molecule has 0 amide bonds. The lowest BCUT2D eigenvalue weighted by Crippen LogP contribution is -2.27. The predicted molar refractivity (Wildman–Crippen MR) is 72.6 cm³/mol. The van der Waals surface area contributed by atoms with Gasteiger partial charge in [-0.25, -0.2) is 8.42 Å². The van der Waals surface area contributed by atoms with E-state index >= 15 is 0 Å². The quantitative estimate of drug-likeness (QED) is 0.702. The van der Waals surface area contributed by atoms with Crippen LogP contribution in [0.3, 0.4) is 0 Å². The first-order valence-electron chi connectivity index (χ1n) is 6.34. The van der Waals surface area contributed by atoms with Gasteiger partial charge in [0.25, 0.3) is 0 Å².